The number of nitrogens with zero attached hydrogens (tertiary/aromatic N) is 2. The molecule has 0 radical (unpaired) electrons. The molecular formula is C12H16N2. The molecule has 0 N–H and O–H groups in total. The first-order valence-corrected chi connectivity index (χ1v) is 4.92. The fourth-order valence-corrected chi connectivity index (χ4v) is 1.79. The highest BCUT2D eigenvalue weighted by Gasteiger charge is 2.16. The number of pyridine rings is 1. The second-order valence-electron chi connectivity index (χ2n) is 4.75. The van der Waals surface area contributed by atoms with Gasteiger partial charge in [-0.15, -0.1) is 0 Å². The van der Waals surface area contributed by atoms with Gasteiger partial charge in [-0.3, -0.25) is 4.98 Å². The van der Waals surface area contributed by atoms with Crippen molar-refractivity contribution in [1.82, 2.24) is 9.55 Å². The maximum absolute atomic E-state index is 4.16. The van der Waals surface area contributed by atoms with Crippen LogP contribution in [0.2, 0.25) is 0 Å². The monoisotopic (exact) mass is 188 g/mol. The van der Waals surface area contributed by atoms with Crippen molar-refractivity contribution >= 4 is 10.9 Å². The van der Waals surface area contributed by atoms with Gasteiger partial charge < -0.3 is 4.57 Å². The molecule has 2 nitrogen and oxygen atoms in total. The second-order valence-corrected chi connectivity index (χ2v) is 4.75. The number of fused-ring (bicyclic) bond motifs is 1. The van der Waals surface area contributed by atoms with Crippen molar-refractivity contribution in [3.63, 3.8) is 0 Å². The van der Waals surface area contributed by atoms with E-state index in [2.05, 4.69) is 49.5 Å². The average Bonchev–Trinajstić information content (AvgIpc) is 2.44. The van der Waals surface area contributed by atoms with Gasteiger partial charge in [-0.2, -0.15) is 0 Å². The molecule has 0 amide bonds. The van der Waals surface area contributed by atoms with Crippen molar-refractivity contribution in [2.45, 2.75) is 33.2 Å². The zero-order valence-electron chi connectivity index (χ0n) is 9.20. The Morgan fingerprint density at radius 2 is 2.00 bits per heavy atom. The predicted octanol–water partition coefficient (Wildman–Crippen LogP) is 3.10. The number of hydrogen-bond donors (Lipinski definition) is 0. The first-order valence-electron chi connectivity index (χ1n) is 4.92. The van der Waals surface area contributed by atoms with Gasteiger partial charge in [0.2, 0.25) is 0 Å². The van der Waals surface area contributed by atoms with Gasteiger partial charge in [-0.05, 0) is 39.3 Å². The fourth-order valence-electron chi connectivity index (χ4n) is 1.79. The Kier molecular flexibility index (Phi) is 1.88. The lowest BCUT2D eigenvalue weighted by molar-refractivity contribution is 0.410. The summed E-state index contributed by atoms with van der Waals surface area (Å²) in [6.45, 7) is 8.77. The smallest absolute Gasteiger partial charge is 0.0519 e. The lowest BCUT2D eigenvalue weighted by Gasteiger charge is -2.22. The van der Waals surface area contributed by atoms with Crippen LogP contribution in [0.5, 0.6) is 0 Å². The molecule has 0 aliphatic carbocycles. The van der Waals surface area contributed by atoms with Gasteiger partial charge in [-0.1, -0.05) is 0 Å². The normalized spacial score (nSPS) is 12.3. The third-order valence-corrected chi connectivity index (χ3v) is 2.53. The summed E-state index contributed by atoms with van der Waals surface area (Å²) >= 11 is 0. The maximum atomic E-state index is 4.16. The Hall–Kier alpha value is -1.31. The van der Waals surface area contributed by atoms with Gasteiger partial charge >= 0.3 is 0 Å². The molecule has 0 spiro atoms. The summed E-state index contributed by atoms with van der Waals surface area (Å²) in [5, 5.41) is 1.25. The quantitative estimate of drug-likeness (QED) is 0.621. The summed E-state index contributed by atoms with van der Waals surface area (Å²) in [7, 11) is 0. The lowest BCUT2D eigenvalue weighted by atomic mass is 10.1. The molecule has 14 heavy (non-hydrogen) atoms. The molecule has 0 aliphatic heterocycles. The van der Waals surface area contributed by atoms with E-state index in [1.165, 1.54) is 16.5 Å². The van der Waals surface area contributed by atoms with E-state index in [9.17, 15) is 0 Å². The average molecular weight is 188 g/mol. The van der Waals surface area contributed by atoms with Gasteiger partial charge in [0.25, 0.3) is 0 Å². The maximum Gasteiger partial charge on any atom is 0.0519 e. The highest BCUT2D eigenvalue weighted by molar-refractivity contribution is 5.82. The van der Waals surface area contributed by atoms with E-state index >= 15 is 0 Å². The standard InChI is InChI=1S/C12H16N2/c1-9-8-14(12(2,3)4)11-5-6-13-7-10(9)11/h5-8H,1-4H3. The molecule has 74 valence electrons. The van der Waals surface area contributed by atoms with Crippen LogP contribution in [0.15, 0.2) is 24.7 Å². The highest BCUT2D eigenvalue weighted by Crippen LogP contribution is 2.25. The largest absolute Gasteiger partial charge is 0.342 e. The van der Waals surface area contributed by atoms with Crippen LogP contribution in [-0.4, -0.2) is 9.55 Å². The van der Waals surface area contributed by atoms with E-state index in [-0.39, 0.29) is 5.54 Å². The minimum Gasteiger partial charge on any atom is -0.342 e. The van der Waals surface area contributed by atoms with E-state index in [0.29, 0.717) is 0 Å². The van der Waals surface area contributed by atoms with E-state index in [4.69, 9.17) is 0 Å². The molecule has 0 aromatic carbocycles. The molecule has 2 heterocycles. The summed E-state index contributed by atoms with van der Waals surface area (Å²) in [6.07, 6.45) is 5.99. The van der Waals surface area contributed by atoms with Crippen LogP contribution in [0.3, 0.4) is 0 Å². The van der Waals surface area contributed by atoms with Crippen molar-refractivity contribution in [1.29, 1.82) is 0 Å². The zero-order valence-corrected chi connectivity index (χ0v) is 9.20. The first-order chi connectivity index (χ1) is 6.50. The Bertz CT molecular complexity index is 461. The molecule has 0 saturated heterocycles. The van der Waals surface area contributed by atoms with Crippen molar-refractivity contribution < 1.29 is 0 Å². The van der Waals surface area contributed by atoms with Gasteiger partial charge in [0.15, 0.2) is 0 Å². The molecule has 2 heteroatoms. The second kappa shape index (κ2) is 2.84. The van der Waals surface area contributed by atoms with Crippen molar-refractivity contribution in [2.24, 2.45) is 0 Å². The van der Waals surface area contributed by atoms with Crippen molar-refractivity contribution in [3.05, 3.63) is 30.2 Å². The van der Waals surface area contributed by atoms with E-state index < -0.39 is 0 Å². The molecular weight excluding hydrogens is 172 g/mol. The highest BCUT2D eigenvalue weighted by atomic mass is 15.0. The first kappa shape index (κ1) is 9.25. The molecule has 0 aliphatic rings. The van der Waals surface area contributed by atoms with E-state index in [1.807, 2.05) is 12.4 Å². The SMILES string of the molecule is Cc1cn(C(C)(C)C)c2ccncc12. The van der Waals surface area contributed by atoms with Crippen molar-refractivity contribution in [3.8, 4) is 0 Å². The molecule has 0 bridgehead atoms. The number of aryl methyl sites for hydroxylation is 1. The minimum atomic E-state index is 0.133. The zero-order chi connectivity index (χ0) is 10.3. The van der Waals surface area contributed by atoms with Crippen LogP contribution in [0.25, 0.3) is 10.9 Å². The molecule has 2 rings (SSSR count). The minimum absolute atomic E-state index is 0.133. The molecule has 2 aromatic heterocycles. The van der Waals surface area contributed by atoms with Crippen molar-refractivity contribution in [2.75, 3.05) is 0 Å². The van der Waals surface area contributed by atoms with Gasteiger partial charge in [0.05, 0.1) is 5.52 Å². The van der Waals surface area contributed by atoms with Crippen LogP contribution >= 0.6 is 0 Å². The lowest BCUT2D eigenvalue weighted by Crippen LogP contribution is -2.20. The molecule has 0 unspecified atom stereocenters. The number of rotatable bonds is 0. The summed E-state index contributed by atoms with van der Waals surface area (Å²) in [4.78, 5) is 4.16. The summed E-state index contributed by atoms with van der Waals surface area (Å²) in [5.74, 6) is 0. The Morgan fingerprint density at radius 3 is 2.64 bits per heavy atom. The number of hydrogen-bond acceptors (Lipinski definition) is 1. The topological polar surface area (TPSA) is 17.8 Å². The molecule has 0 fully saturated rings. The number of aromatic nitrogens is 2. The van der Waals surface area contributed by atoms with Crippen LogP contribution in [-0.2, 0) is 5.54 Å². The van der Waals surface area contributed by atoms with Crippen LogP contribution in [0.1, 0.15) is 26.3 Å². The van der Waals surface area contributed by atoms with Gasteiger partial charge in [0, 0.05) is 29.5 Å². The third-order valence-electron chi connectivity index (χ3n) is 2.53. The summed E-state index contributed by atoms with van der Waals surface area (Å²) in [5.41, 5.74) is 2.70. The predicted molar refractivity (Wildman–Crippen MR) is 59.5 cm³/mol. The Labute approximate surface area is 84.6 Å². The molecule has 0 saturated carbocycles. The van der Waals surface area contributed by atoms with E-state index in [1.54, 1.807) is 0 Å². The third kappa shape index (κ3) is 1.31. The van der Waals surface area contributed by atoms with Crippen LogP contribution < -0.4 is 0 Å². The summed E-state index contributed by atoms with van der Waals surface area (Å²) < 4.78 is 2.30. The van der Waals surface area contributed by atoms with Gasteiger partial charge in [0.1, 0.15) is 0 Å². The van der Waals surface area contributed by atoms with Gasteiger partial charge in [-0.25, -0.2) is 0 Å². The van der Waals surface area contributed by atoms with Crippen LogP contribution in [0, 0.1) is 6.92 Å². The Balaban J connectivity index is 2.80. The summed E-state index contributed by atoms with van der Waals surface area (Å²) in [6, 6.07) is 2.08. The molecule has 2 aromatic rings. The van der Waals surface area contributed by atoms with E-state index in [0.717, 1.165) is 0 Å². The molecule has 0 atom stereocenters. The van der Waals surface area contributed by atoms with Crippen LogP contribution in [0.4, 0.5) is 0 Å². The fraction of sp³-hybridized carbons (Fsp3) is 0.417. The Morgan fingerprint density at radius 1 is 1.29 bits per heavy atom.